The summed E-state index contributed by atoms with van der Waals surface area (Å²) >= 11 is 3.35. The first kappa shape index (κ1) is 16.8. The van der Waals surface area contributed by atoms with Crippen molar-refractivity contribution in [2.45, 2.75) is 25.9 Å². The predicted molar refractivity (Wildman–Crippen MR) is 109 cm³/mol. The van der Waals surface area contributed by atoms with Crippen LogP contribution in [0, 0.1) is 6.92 Å². The maximum absolute atomic E-state index is 12.2. The molecule has 7 heteroatoms. The summed E-state index contributed by atoms with van der Waals surface area (Å²) in [7, 11) is 0. The first-order valence-electron chi connectivity index (χ1n) is 8.91. The first-order chi connectivity index (χ1) is 13.2. The molecule has 0 bridgehead atoms. The van der Waals surface area contributed by atoms with Gasteiger partial charge in [0.2, 0.25) is 4.96 Å². The quantitative estimate of drug-likeness (QED) is 0.532. The van der Waals surface area contributed by atoms with E-state index in [9.17, 15) is 4.79 Å². The van der Waals surface area contributed by atoms with Crippen molar-refractivity contribution in [3.05, 3.63) is 84.9 Å². The molecule has 5 nitrogen and oxygen atoms in total. The van der Waals surface area contributed by atoms with Gasteiger partial charge in [0.05, 0.1) is 12.6 Å². The maximum atomic E-state index is 12.2. The van der Waals surface area contributed by atoms with Crippen molar-refractivity contribution in [3.8, 4) is 0 Å². The number of fused-ring (bicyclic) bond motifs is 2. The van der Waals surface area contributed by atoms with Gasteiger partial charge in [-0.2, -0.15) is 9.61 Å². The Balaban J connectivity index is 1.54. The van der Waals surface area contributed by atoms with Gasteiger partial charge in [0, 0.05) is 23.2 Å². The van der Waals surface area contributed by atoms with Crippen molar-refractivity contribution in [2.75, 3.05) is 6.54 Å². The van der Waals surface area contributed by atoms with Crippen molar-refractivity contribution in [2.24, 2.45) is 0 Å². The van der Waals surface area contributed by atoms with Gasteiger partial charge in [0.15, 0.2) is 0 Å². The van der Waals surface area contributed by atoms with Gasteiger partial charge in [-0.05, 0) is 35.9 Å². The summed E-state index contributed by atoms with van der Waals surface area (Å²) in [6.45, 7) is 3.53. The molecule has 0 radical (unpaired) electrons. The zero-order chi connectivity index (χ0) is 18.4. The molecule has 4 heterocycles. The molecule has 136 valence electrons. The van der Waals surface area contributed by atoms with E-state index in [1.165, 1.54) is 37.9 Å². The molecule has 0 N–H and O–H groups in total. The third kappa shape index (κ3) is 3.01. The third-order valence-corrected chi connectivity index (χ3v) is 6.82. The van der Waals surface area contributed by atoms with E-state index in [0.29, 0.717) is 11.5 Å². The van der Waals surface area contributed by atoms with Crippen LogP contribution in [-0.4, -0.2) is 26.0 Å². The monoisotopic (exact) mass is 394 g/mol. The highest BCUT2D eigenvalue weighted by Crippen LogP contribution is 2.38. The molecule has 0 aliphatic carbocycles. The number of rotatable bonds is 3. The predicted octanol–water partition coefficient (Wildman–Crippen LogP) is 3.67. The van der Waals surface area contributed by atoms with Crippen LogP contribution < -0.4 is 5.56 Å². The van der Waals surface area contributed by atoms with Crippen LogP contribution in [0.2, 0.25) is 0 Å². The minimum Gasteiger partial charge on any atom is -0.285 e. The SMILES string of the molecule is Cc1cc(=O)n2nc(CN3CCc4sccc4C3c3ccccc3)sc2n1. The van der Waals surface area contributed by atoms with E-state index in [1.807, 2.05) is 18.3 Å². The van der Waals surface area contributed by atoms with Crippen LogP contribution in [0.15, 0.2) is 52.6 Å². The Kier molecular flexibility index (Phi) is 4.15. The maximum Gasteiger partial charge on any atom is 0.275 e. The smallest absolute Gasteiger partial charge is 0.275 e. The van der Waals surface area contributed by atoms with E-state index in [-0.39, 0.29) is 11.6 Å². The molecule has 0 fully saturated rings. The third-order valence-electron chi connectivity index (χ3n) is 4.93. The second-order valence-corrected chi connectivity index (χ2v) is 8.80. The van der Waals surface area contributed by atoms with Gasteiger partial charge in [-0.3, -0.25) is 9.69 Å². The second kappa shape index (κ2) is 6.67. The highest BCUT2D eigenvalue weighted by atomic mass is 32.1. The number of aryl methyl sites for hydroxylation is 1. The Morgan fingerprint density at radius 3 is 2.93 bits per heavy atom. The molecule has 0 amide bonds. The van der Waals surface area contributed by atoms with E-state index in [1.54, 1.807) is 0 Å². The van der Waals surface area contributed by atoms with Gasteiger partial charge in [-0.15, -0.1) is 11.3 Å². The minimum atomic E-state index is -0.113. The van der Waals surface area contributed by atoms with Gasteiger partial charge < -0.3 is 0 Å². The standard InChI is InChI=1S/C20H18N4OS2/c1-13-11-18(25)24-20(21-13)27-17(22-24)12-23-9-7-16-15(8-10-26-16)19(23)14-5-3-2-4-6-14/h2-6,8,10-11,19H,7,9,12H2,1H3. The molecule has 1 atom stereocenters. The van der Waals surface area contributed by atoms with Crippen LogP contribution in [0.25, 0.3) is 4.96 Å². The van der Waals surface area contributed by atoms with Crippen molar-refractivity contribution in [3.63, 3.8) is 0 Å². The van der Waals surface area contributed by atoms with Crippen LogP contribution in [0.4, 0.5) is 0 Å². The van der Waals surface area contributed by atoms with Gasteiger partial charge in [-0.1, -0.05) is 41.7 Å². The lowest BCUT2D eigenvalue weighted by atomic mass is 9.93. The molecular formula is C20H18N4OS2. The fourth-order valence-corrected chi connectivity index (χ4v) is 5.64. The van der Waals surface area contributed by atoms with Crippen LogP contribution in [0.5, 0.6) is 0 Å². The van der Waals surface area contributed by atoms with Crippen LogP contribution >= 0.6 is 22.7 Å². The normalized spacial score (nSPS) is 17.3. The van der Waals surface area contributed by atoms with Gasteiger partial charge in [0.1, 0.15) is 5.01 Å². The molecule has 0 spiro atoms. The molecule has 0 saturated carbocycles. The Bertz CT molecular complexity index is 1160. The lowest BCUT2D eigenvalue weighted by Gasteiger charge is -2.35. The molecule has 1 aliphatic rings. The summed E-state index contributed by atoms with van der Waals surface area (Å²) < 4.78 is 1.42. The molecular weight excluding hydrogens is 376 g/mol. The number of nitrogens with zero attached hydrogens (tertiary/aromatic N) is 4. The molecule has 1 aliphatic heterocycles. The second-order valence-electron chi connectivity index (χ2n) is 6.76. The summed E-state index contributed by atoms with van der Waals surface area (Å²) in [5, 5.41) is 7.65. The number of hydrogen-bond donors (Lipinski definition) is 0. The van der Waals surface area contributed by atoms with E-state index in [2.05, 4.69) is 56.8 Å². The zero-order valence-corrected chi connectivity index (χ0v) is 16.5. The van der Waals surface area contributed by atoms with Crippen LogP contribution in [-0.2, 0) is 13.0 Å². The van der Waals surface area contributed by atoms with Crippen molar-refractivity contribution >= 4 is 27.6 Å². The number of hydrogen-bond acceptors (Lipinski definition) is 6. The van der Waals surface area contributed by atoms with Gasteiger partial charge in [0.25, 0.3) is 5.56 Å². The summed E-state index contributed by atoms with van der Waals surface area (Å²) in [5.41, 5.74) is 3.31. The van der Waals surface area contributed by atoms with Crippen LogP contribution in [0.3, 0.4) is 0 Å². The van der Waals surface area contributed by atoms with E-state index in [4.69, 9.17) is 0 Å². The largest absolute Gasteiger partial charge is 0.285 e. The fourth-order valence-electron chi connectivity index (χ4n) is 3.76. The molecule has 3 aromatic heterocycles. The Morgan fingerprint density at radius 1 is 1.22 bits per heavy atom. The molecule has 1 aromatic carbocycles. The Labute approximate surface area is 164 Å². The number of thiophene rings is 1. The number of benzene rings is 1. The fraction of sp³-hybridized carbons (Fsp3) is 0.250. The molecule has 0 saturated heterocycles. The van der Waals surface area contributed by atoms with Gasteiger partial charge in [-0.25, -0.2) is 4.98 Å². The highest BCUT2D eigenvalue weighted by Gasteiger charge is 2.30. The van der Waals surface area contributed by atoms with E-state index in [0.717, 1.165) is 23.7 Å². The van der Waals surface area contributed by atoms with E-state index < -0.39 is 0 Å². The van der Waals surface area contributed by atoms with E-state index >= 15 is 0 Å². The summed E-state index contributed by atoms with van der Waals surface area (Å²) in [6.07, 6.45) is 1.05. The topological polar surface area (TPSA) is 50.5 Å². The van der Waals surface area contributed by atoms with Crippen LogP contribution in [0.1, 0.15) is 32.7 Å². The summed E-state index contributed by atoms with van der Waals surface area (Å²) in [5.74, 6) is 0. The number of aromatic nitrogens is 3. The summed E-state index contributed by atoms with van der Waals surface area (Å²) in [4.78, 5) is 21.2. The highest BCUT2D eigenvalue weighted by molar-refractivity contribution is 7.16. The lowest BCUT2D eigenvalue weighted by Crippen LogP contribution is -2.35. The molecule has 4 aromatic rings. The average molecular weight is 395 g/mol. The zero-order valence-electron chi connectivity index (χ0n) is 14.8. The molecule has 27 heavy (non-hydrogen) atoms. The van der Waals surface area contributed by atoms with Crippen molar-refractivity contribution in [1.82, 2.24) is 19.5 Å². The van der Waals surface area contributed by atoms with Crippen molar-refractivity contribution in [1.29, 1.82) is 0 Å². The molecule has 5 rings (SSSR count). The lowest BCUT2D eigenvalue weighted by molar-refractivity contribution is 0.205. The Morgan fingerprint density at radius 2 is 2.07 bits per heavy atom. The molecule has 1 unspecified atom stereocenters. The first-order valence-corrected chi connectivity index (χ1v) is 10.6. The Hall–Kier alpha value is -2.35. The van der Waals surface area contributed by atoms with Gasteiger partial charge >= 0.3 is 0 Å². The minimum absolute atomic E-state index is 0.113. The van der Waals surface area contributed by atoms with Crippen molar-refractivity contribution < 1.29 is 0 Å². The average Bonchev–Trinajstić information content (AvgIpc) is 3.29. The summed E-state index contributed by atoms with van der Waals surface area (Å²) in [6, 6.07) is 14.6.